The number of nitriles is 1. The van der Waals surface area contributed by atoms with Gasteiger partial charge in [0.2, 0.25) is 0 Å². The Balaban J connectivity index is 2.30. The Morgan fingerprint density at radius 2 is 1.89 bits per heavy atom. The van der Waals surface area contributed by atoms with Crippen molar-refractivity contribution in [1.82, 2.24) is 0 Å². The molecule has 0 heterocycles. The zero-order chi connectivity index (χ0) is 13.7. The summed E-state index contributed by atoms with van der Waals surface area (Å²) in [5.74, 6) is 0. The summed E-state index contributed by atoms with van der Waals surface area (Å²) in [7, 11) is 0. The highest BCUT2D eigenvalue weighted by atomic mass is 15.1. The predicted molar refractivity (Wildman–Crippen MR) is 78.7 cm³/mol. The standard InChI is InChI=1S/C16H17N3/c1-2-19(12-13-6-4-3-5-7-13)16-10-14(11-17)8-9-15(16)18/h3-10H,2,12,18H2,1H3. The second kappa shape index (κ2) is 5.92. The van der Waals surface area contributed by atoms with E-state index in [-0.39, 0.29) is 0 Å². The van der Waals surface area contributed by atoms with Gasteiger partial charge in [-0.1, -0.05) is 30.3 Å². The summed E-state index contributed by atoms with van der Waals surface area (Å²) in [6, 6.07) is 17.8. The molecular weight excluding hydrogens is 234 g/mol. The average Bonchev–Trinajstić information content (AvgIpc) is 2.47. The molecule has 0 radical (unpaired) electrons. The third-order valence-corrected chi connectivity index (χ3v) is 3.10. The molecule has 0 aliphatic rings. The zero-order valence-corrected chi connectivity index (χ0v) is 11.0. The molecule has 19 heavy (non-hydrogen) atoms. The topological polar surface area (TPSA) is 53.0 Å². The highest BCUT2D eigenvalue weighted by Gasteiger charge is 2.09. The fraction of sp³-hybridized carbons (Fsp3) is 0.188. The maximum absolute atomic E-state index is 8.99. The monoisotopic (exact) mass is 251 g/mol. The predicted octanol–water partition coefficient (Wildman–Crippen LogP) is 3.17. The molecule has 0 amide bonds. The van der Waals surface area contributed by atoms with Crippen molar-refractivity contribution in [3.8, 4) is 6.07 Å². The molecule has 0 saturated carbocycles. The van der Waals surface area contributed by atoms with Gasteiger partial charge in [0.05, 0.1) is 23.0 Å². The molecule has 3 heteroatoms. The van der Waals surface area contributed by atoms with Crippen LogP contribution in [0.15, 0.2) is 48.5 Å². The van der Waals surface area contributed by atoms with Crippen LogP contribution in [0.3, 0.4) is 0 Å². The number of hydrogen-bond acceptors (Lipinski definition) is 3. The molecule has 0 unspecified atom stereocenters. The fourth-order valence-corrected chi connectivity index (χ4v) is 2.06. The van der Waals surface area contributed by atoms with Gasteiger partial charge in [-0.15, -0.1) is 0 Å². The second-order valence-electron chi connectivity index (χ2n) is 4.39. The summed E-state index contributed by atoms with van der Waals surface area (Å²) < 4.78 is 0. The summed E-state index contributed by atoms with van der Waals surface area (Å²) >= 11 is 0. The molecule has 0 atom stereocenters. The maximum atomic E-state index is 8.99. The minimum absolute atomic E-state index is 0.635. The summed E-state index contributed by atoms with van der Waals surface area (Å²) in [4.78, 5) is 2.17. The van der Waals surface area contributed by atoms with Gasteiger partial charge in [-0.05, 0) is 30.7 Å². The van der Waals surface area contributed by atoms with Crippen molar-refractivity contribution in [2.24, 2.45) is 0 Å². The molecule has 0 spiro atoms. The Bertz CT molecular complexity index is 585. The van der Waals surface area contributed by atoms with Gasteiger partial charge in [0.1, 0.15) is 0 Å². The molecule has 0 aliphatic carbocycles. The SMILES string of the molecule is CCN(Cc1ccccc1)c1cc(C#N)ccc1N. The summed E-state index contributed by atoms with van der Waals surface area (Å²) in [6.45, 7) is 3.71. The lowest BCUT2D eigenvalue weighted by atomic mass is 10.1. The third-order valence-electron chi connectivity index (χ3n) is 3.10. The van der Waals surface area contributed by atoms with Crippen molar-refractivity contribution in [2.45, 2.75) is 13.5 Å². The van der Waals surface area contributed by atoms with Gasteiger partial charge in [0, 0.05) is 13.1 Å². The third kappa shape index (κ3) is 3.05. The first-order valence-corrected chi connectivity index (χ1v) is 6.33. The van der Waals surface area contributed by atoms with Crippen molar-refractivity contribution in [3.05, 3.63) is 59.7 Å². The molecule has 2 N–H and O–H groups in total. The van der Waals surface area contributed by atoms with E-state index in [1.807, 2.05) is 24.3 Å². The van der Waals surface area contributed by atoms with Crippen LogP contribution < -0.4 is 10.6 Å². The molecule has 0 aliphatic heterocycles. The van der Waals surface area contributed by atoms with Crippen LogP contribution in [0.2, 0.25) is 0 Å². The van der Waals surface area contributed by atoms with Crippen LogP contribution in [0, 0.1) is 11.3 Å². The number of nitrogens with two attached hydrogens (primary N) is 1. The number of benzene rings is 2. The Morgan fingerprint density at radius 1 is 1.16 bits per heavy atom. The highest BCUT2D eigenvalue weighted by Crippen LogP contribution is 2.25. The van der Waals surface area contributed by atoms with Gasteiger partial charge < -0.3 is 10.6 Å². The van der Waals surface area contributed by atoms with Crippen LogP contribution in [0.5, 0.6) is 0 Å². The summed E-state index contributed by atoms with van der Waals surface area (Å²) in [6.07, 6.45) is 0. The molecule has 2 rings (SSSR count). The van der Waals surface area contributed by atoms with Gasteiger partial charge in [-0.25, -0.2) is 0 Å². The summed E-state index contributed by atoms with van der Waals surface area (Å²) in [5.41, 5.74) is 9.51. The zero-order valence-electron chi connectivity index (χ0n) is 11.0. The van der Waals surface area contributed by atoms with Crippen LogP contribution in [-0.4, -0.2) is 6.54 Å². The number of nitrogen functional groups attached to an aromatic ring is 1. The first-order chi connectivity index (χ1) is 9.24. The fourth-order valence-electron chi connectivity index (χ4n) is 2.06. The van der Waals surface area contributed by atoms with Crippen molar-refractivity contribution < 1.29 is 0 Å². The van der Waals surface area contributed by atoms with Crippen molar-refractivity contribution >= 4 is 11.4 Å². The molecular formula is C16H17N3. The van der Waals surface area contributed by atoms with Gasteiger partial charge >= 0.3 is 0 Å². The van der Waals surface area contributed by atoms with E-state index >= 15 is 0 Å². The van der Waals surface area contributed by atoms with Gasteiger partial charge in [-0.2, -0.15) is 5.26 Å². The van der Waals surface area contributed by atoms with Gasteiger partial charge in [0.15, 0.2) is 0 Å². The highest BCUT2D eigenvalue weighted by molar-refractivity contribution is 5.69. The number of hydrogen-bond donors (Lipinski definition) is 1. The van der Waals surface area contributed by atoms with E-state index in [0.717, 1.165) is 18.8 Å². The minimum Gasteiger partial charge on any atom is -0.397 e. The number of rotatable bonds is 4. The Labute approximate surface area is 113 Å². The minimum atomic E-state index is 0.635. The van der Waals surface area contributed by atoms with Crippen LogP contribution >= 0.6 is 0 Å². The quantitative estimate of drug-likeness (QED) is 0.849. The summed E-state index contributed by atoms with van der Waals surface area (Å²) in [5, 5.41) is 8.99. The number of anilines is 2. The maximum Gasteiger partial charge on any atom is 0.0992 e. The molecule has 0 aromatic heterocycles. The lowest BCUT2D eigenvalue weighted by Gasteiger charge is -2.25. The van der Waals surface area contributed by atoms with Gasteiger partial charge in [0.25, 0.3) is 0 Å². The van der Waals surface area contributed by atoms with Gasteiger partial charge in [-0.3, -0.25) is 0 Å². The Morgan fingerprint density at radius 3 is 2.53 bits per heavy atom. The average molecular weight is 251 g/mol. The van der Waals surface area contributed by atoms with E-state index in [1.54, 1.807) is 12.1 Å². The molecule has 0 bridgehead atoms. The smallest absolute Gasteiger partial charge is 0.0992 e. The second-order valence-corrected chi connectivity index (χ2v) is 4.39. The van der Waals surface area contributed by atoms with E-state index in [9.17, 15) is 0 Å². The van der Waals surface area contributed by atoms with E-state index in [1.165, 1.54) is 5.56 Å². The lowest BCUT2D eigenvalue weighted by molar-refractivity contribution is 0.833. The molecule has 0 saturated heterocycles. The Kier molecular flexibility index (Phi) is 4.04. The first kappa shape index (κ1) is 13.0. The van der Waals surface area contributed by atoms with Crippen molar-refractivity contribution in [2.75, 3.05) is 17.2 Å². The van der Waals surface area contributed by atoms with Crippen LogP contribution in [0.25, 0.3) is 0 Å². The normalized spacial score (nSPS) is 9.89. The van der Waals surface area contributed by atoms with E-state index in [2.05, 4.69) is 30.0 Å². The largest absolute Gasteiger partial charge is 0.397 e. The van der Waals surface area contributed by atoms with Crippen LogP contribution in [0.1, 0.15) is 18.1 Å². The van der Waals surface area contributed by atoms with Crippen LogP contribution in [-0.2, 0) is 6.54 Å². The number of nitrogens with zero attached hydrogens (tertiary/aromatic N) is 2. The van der Waals surface area contributed by atoms with E-state index < -0.39 is 0 Å². The lowest BCUT2D eigenvalue weighted by Crippen LogP contribution is -2.23. The van der Waals surface area contributed by atoms with E-state index in [0.29, 0.717) is 11.3 Å². The Hall–Kier alpha value is -2.47. The van der Waals surface area contributed by atoms with E-state index in [4.69, 9.17) is 11.0 Å². The molecule has 96 valence electrons. The first-order valence-electron chi connectivity index (χ1n) is 6.33. The van der Waals surface area contributed by atoms with Crippen molar-refractivity contribution in [1.29, 1.82) is 5.26 Å². The van der Waals surface area contributed by atoms with Crippen LogP contribution in [0.4, 0.5) is 11.4 Å². The molecule has 3 nitrogen and oxygen atoms in total. The molecule has 2 aromatic carbocycles. The molecule has 2 aromatic rings. The van der Waals surface area contributed by atoms with Crippen molar-refractivity contribution in [3.63, 3.8) is 0 Å². The molecule has 0 fully saturated rings.